The highest BCUT2D eigenvalue weighted by Crippen LogP contribution is 2.25. The molecule has 0 saturated heterocycles. The van der Waals surface area contributed by atoms with Gasteiger partial charge in [-0.3, -0.25) is 4.79 Å². The van der Waals surface area contributed by atoms with Crippen LogP contribution in [0.3, 0.4) is 0 Å². The van der Waals surface area contributed by atoms with E-state index in [2.05, 4.69) is 5.32 Å². The van der Waals surface area contributed by atoms with Crippen LogP contribution in [0, 0.1) is 0 Å². The number of rotatable bonds is 6. The molecule has 4 nitrogen and oxygen atoms in total. The number of ether oxygens (including phenoxy) is 1. The lowest BCUT2D eigenvalue weighted by Gasteiger charge is -2.19. The first-order valence-corrected chi connectivity index (χ1v) is 8.35. The maximum absolute atomic E-state index is 12.5. The predicted octanol–water partition coefficient (Wildman–Crippen LogP) is 4.77. The standard InChI is InChI=1S/C20H19ClN2O2/c1-25-18-10-4-15(5-11-18)19(23-12-2-3-13-23)14-20(24)22-17-8-6-16(21)7-9-17/h2-13,19H,14H2,1H3,(H,22,24). The zero-order valence-corrected chi connectivity index (χ0v) is 14.6. The molecule has 0 aliphatic carbocycles. The summed E-state index contributed by atoms with van der Waals surface area (Å²) < 4.78 is 7.24. The van der Waals surface area contributed by atoms with Gasteiger partial charge in [0.25, 0.3) is 0 Å². The highest BCUT2D eigenvalue weighted by Gasteiger charge is 2.17. The van der Waals surface area contributed by atoms with Gasteiger partial charge in [-0.2, -0.15) is 0 Å². The number of carbonyl (C=O) groups excluding carboxylic acids is 1. The van der Waals surface area contributed by atoms with Crippen LogP contribution >= 0.6 is 11.6 Å². The highest BCUT2D eigenvalue weighted by molar-refractivity contribution is 6.30. The summed E-state index contributed by atoms with van der Waals surface area (Å²) in [6.45, 7) is 0. The van der Waals surface area contributed by atoms with Crippen molar-refractivity contribution in [1.82, 2.24) is 4.57 Å². The first kappa shape index (κ1) is 17.1. The number of aromatic nitrogens is 1. The summed E-state index contributed by atoms with van der Waals surface area (Å²) in [5, 5.41) is 3.56. The number of hydrogen-bond donors (Lipinski definition) is 1. The minimum Gasteiger partial charge on any atom is -0.497 e. The fourth-order valence-corrected chi connectivity index (χ4v) is 2.82. The first-order chi connectivity index (χ1) is 12.2. The summed E-state index contributed by atoms with van der Waals surface area (Å²) in [6, 6.07) is 18.7. The lowest BCUT2D eigenvalue weighted by atomic mass is 10.0. The lowest BCUT2D eigenvalue weighted by molar-refractivity contribution is -0.116. The molecule has 25 heavy (non-hydrogen) atoms. The van der Waals surface area contributed by atoms with Crippen molar-refractivity contribution < 1.29 is 9.53 Å². The molecule has 0 fully saturated rings. The molecule has 1 heterocycles. The van der Waals surface area contributed by atoms with E-state index in [9.17, 15) is 4.79 Å². The number of amides is 1. The van der Waals surface area contributed by atoms with Crippen molar-refractivity contribution in [3.8, 4) is 5.75 Å². The molecular formula is C20H19ClN2O2. The molecule has 0 radical (unpaired) electrons. The number of anilines is 1. The lowest BCUT2D eigenvalue weighted by Crippen LogP contribution is -2.19. The van der Waals surface area contributed by atoms with Gasteiger partial charge in [0, 0.05) is 23.1 Å². The van der Waals surface area contributed by atoms with Gasteiger partial charge < -0.3 is 14.6 Å². The molecule has 0 bridgehead atoms. The van der Waals surface area contributed by atoms with E-state index in [1.165, 1.54) is 0 Å². The second kappa shape index (κ2) is 7.90. The van der Waals surface area contributed by atoms with Crippen LogP contribution in [0.4, 0.5) is 5.69 Å². The summed E-state index contributed by atoms with van der Waals surface area (Å²) in [5.41, 5.74) is 1.78. The van der Waals surface area contributed by atoms with Gasteiger partial charge in [-0.1, -0.05) is 23.7 Å². The van der Waals surface area contributed by atoms with Crippen LogP contribution in [0.1, 0.15) is 18.0 Å². The molecule has 1 aromatic heterocycles. The van der Waals surface area contributed by atoms with Crippen molar-refractivity contribution in [2.75, 3.05) is 12.4 Å². The molecule has 1 unspecified atom stereocenters. The second-order valence-electron chi connectivity index (χ2n) is 5.68. The first-order valence-electron chi connectivity index (χ1n) is 7.97. The Bertz CT molecular complexity index is 812. The maximum atomic E-state index is 12.5. The minimum atomic E-state index is -0.0896. The summed E-state index contributed by atoms with van der Waals surface area (Å²) in [6.07, 6.45) is 4.25. The zero-order chi connectivity index (χ0) is 17.6. The Kier molecular flexibility index (Phi) is 5.41. The Labute approximate surface area is 152 Å². The number of benzene rings is 2. The number of nitrogens with zero attached hydrogens (tertiary/aromatic N) is 1. The van der Waals surface area contributed by atoms with Gasteiger partial charge in [-0.15, -0.1) is 0 Å². The summed E-state index contributed by atoms with van der Waals surface area (Å²) in [4.78, 5) is 12.5. The molecule has 1 atom stereocenters. The SMILES string of the molecule is COc1ccc(C(CC(=O)Nc2ccc(Cl)cc2)n2cccc2)cc1. The fraction of sp³-hybridized carbons (Fsp3) is 0.150. The molecule has 3 aromatic rings. The minimum absolute atomic E-state index is 0.0585. The second-order valence-corrected chi connectivity index (χ2v) is 6.11. The van der Waals surface area contributed by atoms with Crippen LogP contribution in [0.5, 0.6) is 5.75 Å². The van der Waals surface area contributed by atoms with Crippen molar-refractivity contribution in [1.29, 1.82) is 0 Å². The van der Waals surface area contributed by atoms with E-state index in [0.29, 0.717) is 11.4 Å². The van der Waals surface area contributed by atoms with Gasteiger partial charge in [0.15, 0.2) is 0 Å². The Morgan fingerprint density at radius 1 is 1.08 bits per heavy atom. The summed E-state index contributed by atoms with van der Waals surface area (Å²) in [5.74, 6) is 0.734. The van der Waals surface area contributed by atoms with Gasteiger partial charge in [0.1, 0.15) is 5.75 Å². The molecule has 1 N–H and O–H groups in total. The van der Waals surface area contributed by atoms with Crippen LogP contribution in [0.2, 0.25) is 5.02 Å². The third-order valence-corrected chi connectivity index (χ3v) is 4.25. The smallest absolute Gasteiger partial charge is 0.226 e. The number of methoxy groups -OCH3 is 1. The Hall–Kier alpha value is -2.72. The van der Waals surface area contributed by atoms with Gasteiger partial charge in [0.05, 0.1) is 19.6 Å². The van der Waals surface area contributed by atoms with Gasteiger partial charge in [-0.25, -0.2) is 0 Å². The van der Waals surface area contributed by atoms with Gasteiger partial charge in [0.2, 0.25) is 5.91 Å². The van der Waals surface area contributed by atoms with E-state index in [4.69, 9.17) is 16.3 Å². The molecule has 0 aliphatic rings. The molecule has 5 heteroatoms. The van der Waals surface area contributed by atoms with E-state index in [1.807, 2.05) is 53.4 Å². The molecule has 128 valence electrons. The fourth-order valence-electron chi connectivity index (χ4n) is 2.70. The van der Waals surface area contributed by atoms with E-state index in [-0.39, 0.29) is 11.9 Å². The monoisotopic (exact) mass is 354 g/mol. The third-order valence-electron chi connectivity index (χ3n) is 3.99. The van der Waals surface area contributed by atoms with E-state index in [0.717, 1.165) is 17.0 Å². The molecule has 0 spiro atoms. The highest BCUT2D eigenvalue weighted by atomic mass is 35.5. The predicted molar refractivity (Wildman–Crippen MR) is 100 cm³/mol. The van der Waals surface area contributed by atoms with E-state index in [1.54, 1.807) is 31.4 Å². The Morgan fingerprint density at radius 3 is 2.32 bits per heavy atom. The average Bonchev–Trinajstić information content (AvgIpc) is 3.16. The number of carbonyl (C=O) groups is 1. The van der Waals surface area contributed by atoms with E-state index < -0.39 is 0 Å². The third kappa shape index (κ3) is 4.43. The van der Waals surface area contributed by atoms with Gasteiger partial charge in [-0.05, 0) is 54.1 Å². The molecule has 3 rings (SSSR count). The summed E-state index contributed by atoms with van der Waals surface area (Å²) in [7, 11) is 1.64. The Morgan fingerprint density at radius 2 is 1.72 bits per heavy atom. The summed E-state index contributed by atoms with van der Waals surface area (Å²) >= 11 is 5.88. The van der Waals surface area contributed by atoms with Crippen LogP contribution < -0.4 is 10.1 Å². The van der Waals surface area contributed by atoms with Crippen LogP contribution in [-0.2, 0) is 4.79 Å². The Balaban J connectivity index is 1.77. The van der Waals surface area contributed by atoms with Crippen LogP contribution in [0.25, 0.3) is 0 Å². The number of halogens is 1. The topological polar surface area (TPSA) is 43.3 Å². The van der Waals surface area contributed by atoms with Crippen molar-refractivity contribution >= 4 is 23.2 Å². The zero-order valence-electron chi connectivity index (χ0n) is 13.9. The maximum Gasteiger partial charge on any atom is 0.226 e. The van der Waals surface area contributed by atoms with Crippen molar-refractivity contribution in [2.24, 2.45) is 0 Å². The van der Waals surface area contributed by atoms with Gasteiger partial charge >= 0.3 is 0 Å². The normalized spacial score (nSPS) is 11.8. The molecule has 0 aliphatic heterocycles. The molecular weight excluding hydrogens is 336 g/mol. The largest absolute Gasteiger partial charge is 0.497 e. The van der Waals surface area contributed by atoms with E-state index >= 15 is 0 Å². The average molecular weight is 355 g/mol. The van der Waals surface area contributed by atoms with Crippen LogP contribution in [-0.4, -0.2) is 17.6 Å². The molecule has 0 saturated carbocycles. The van der Waals surface area contributed by atoms with Crippen LogP contribution in [0.15, 0.2) is 73.1 Å². The van der Waals surface area contributed by atoms with Crippen molar-refractivity contribution in [2.45, 2.75) is 12.5 Å². The molecule has 2 aromatic carbocycles. The van der Waals surface area contributed by atoms with Crippen molar-refractivity contribution in [3.05, 3.63) is 83.6 Å². The quantitative estimate of drug-likeness (QED) is 0.693. The number of hydrogen-bond acceptors (Lipinski definition) is 2. The number of nitrogens with one attached hydrogen (secondary N) is 1. The van der Waals surface area contributed by atoms with Crippen molar-refractivity contribution in [3.63, 3.8) is 0 Å². The molecule has 1 amide bonds.